The number of methoxy groups -OCH3 is 1. The lowest BCUT2D eigenvalue weighted by atomic mass is 10.1. The topological polar surface area (TPSA) is 31.4 Å². The summed E-state index contributed by atoms with van der Waals surface area (Å²) in [7, 11) is 1.66. The molecule has 0 fully saturated rings. The van der Waals surface area contributed by atoms with Crippen LogP contribution in [0.4, 0.5) is 0 Å². The van der Waals surface area contributed by atoms with Gasteiger partial charge in [-0.25, -0.2) is 0 Å². The molecule has 1 heterocycles. The summed E-state index contributed by atoms with van der Waals surface area (Å²) in [6, 6.07) is 9.93. The Hall–Kier alpha value is -1.58. The van der Waals surface area contributed by atoms with E-state index in [-0.39, 0.29) is 0 Å². The molecule has 0 amide bonds. The van der Waals surface area contributed by atoms with Crippen molar-refractivity contribution in [1.29, 1.82) is 0 Å². The second-order valence-electron chi connectivity index (χ2n) is 4.13. The molecule has 4 heteroatoms. The van der Waals surface area contributed by atoms with Gasteiger partial charge in [0.25, 0.3) is 0 Å². The summed E-state index contributed by atoms with van der Waals surface area (Å²) in [5.41, 5.74) is 2.26. The molecule has 0 radical (unpaired) electrons. The zero-order valence-corrected chi connectivity index (χ0v) is 11.6. The molecule has 0 aliphatic rings. The first-order valence-corrected chi connectivity index (χ1v) is 6.46. The van der Waals surface area contributed by atoms with Crippen molar-refractivity contribution in [3.63, 3.8) is 0 Å². The average molecular weight is 278 g/mol. The van der Waals surface area contributed by atoms with Gasteiger partial charge in [0.05, 0.1) is 11.6 Å². The Kier molecular flexibility index (Phi) is 5.19. The Morgan fingerprint density at radius 2 is 1.89 bits per heavy atom. The van der Waals surface area contributed by atoms with Crippen LogP contribution in [0.15, 0.2) is 42.7 Å². The third-order valence-corrected chi connectivity index (χ3v) is 3.07. The highest BCUT2D eigenvalue weighted by molar-refractivity contribution is 6.31. The molecule has 1 aromatic carbocycles. The predicted molar refractivity (Wildman–Crippen MR) is 75.9 cm³/mol. The van der Waals surface area contributed by atoms with E-state index in [4.69, 9.17) is 21.1 Å². The number of rotatable bonds is 6. The Labute approximate surface area is 118 Å². The highest BCUT2D eigenvalue weighted by atomic mass is 35.5. The van der Waals surface area contributed by atoms with Crippen LogP contribution in [0.25, 0.3) is 0 Å². The van der Waals surface area contributed by atoms with E-state index < -0.39 is 0 Å². The summed E-state index contributed by atoms with van der Waals surface area (Å²) in [6.45, 7) is 1.15. The van der Waals surface area contributed by atoms with Gasteiger partial charge in [-0.15, -0.1) is 0 Å². The van der Waals surface area contributed by atoms with E-state index in [2.05, 4.69) is 4.98 Å². The fourth-order valence-corrected chi connectivity index (χ4v) is 1.90. The lowest BCUT2D eigenvalue weighted by Gasteiger charge is -2.07. The van der Waals surface area contributed by atoms with Crippen LogP contribution in [0.5, 0.6) is 5.75 Å². The standard InChI is InChI=1S/C15H16ClNO2/c1-18-8-9-19-14-4-2-12(3-5-14)10-13-6-7-17-11-15(13)16/h2-7,11H,8-10H2,1H3. The SMILES string of the molecule is COCCOc1ccc(Cc2ccncc2Cl)cc1. The predicted octanol–water partition coefficient (Wildman–Crippen LogP) is 3.35. The summed E-state index contributed by atoms with van der Waals surface area (Å²) >= 11 is 6.09. The zero-order chi connectivity index (χ0) is 13.5. The summed E-state index contributed by atoms with van der Waals surface area (Å²) in [6.07, 6.45) is 4.21. The van der Waals surface area contributed by atoms with Gasteiger partial charge in [-0.05, 0) is 35.7 Å². The maximum absolute atomic E-state index is 6.09. The maximum Gasteiger partial charge on any atom is 0.119 e. The molecule has 0 atom stereocenters. The van der Waals surface area contributed by atoms with Crippen LogP contribution >= 0.6 is 11.6 Å². The molecule has 0 saturated carbocycles. The van der Waals surface area contributed by atoms with Crippen molar-refractivity contribution in [3.05, 3.63) is 58.9 Å². The number of hydrogen-bond acceptors (Lipinski definition) is 3. The second-order valence-corrected chi connectivity index (χ2v) is 4.54. The minimum absolute atomic E-state index is 0.562. The molecule has 0 bridgehead atoms. The molecule has 0 spiro atoms. The molecule has 2 rings (SSSR count). The van der Waals surface area contributed by atoms with Crippen LogP contribution in [0, 0.1) is 0 Å². The van der Waals surface area contributed by atoms with E-state index in [1.165, 1.54) is 5.56 Å². The number of benzene rings is 1. The molecule has 3 nitrogen and oxygen atoms in total. The van der Waals surface area contributed by atoms with Gasteiger partial charge in [-0.3, -0.25) is 4.98 Å². The van der Waals surface area contributed by atoms with Crippen molar-refractivity contribution in [2.24, 2.45) is 0 Å². The number of nitrogens with zero attached hydrogens (tertiary/aromatic N) is 1. The average Bonchev–Trinajstić information content (AvgIpc) is 2.44. The van der Waals surface area contributed by atoms with Gasteiger partial charge in [-0.1, -0.05) is 23.7 Å². The van der Waals surface area contributed by atoms with Crippen LogP contribution < -0.4 is 4.74 Å². The summed E-state index contributed by atoms with van der Waals surface area (Å²) < 4.78 is 10.4. The molecule has 1 aromatic heterocycles. The molecule has 19 heavy (non-hydrogen) atoms. The van der Waals surface area contributed by atoms with Crippen molar-refractivity contribution in [3.8, 4) is 5.75 Å². The first-order chi connectivity index (χ1) is 9.29. The fraction of sp³-hybridized carbons (Fsp3) is 0.267. The Bertz CT molecular complexity index is 514. The molecular weight excluding hydrogens is 262 g/mol. The summed E-state index contributed by atoms with van der Waals surface area (Å²) in [5.74, 6) is 0.849. The van der Waals surface area contributed by atoms with Crippen molar-refractivity contribution < 1.29 is 9.47 Å². The van der Waals surface area contributed by atoms with E-state index in [1.54, 1.807) is 19.5 Å². The quantitative estimate of drug-likeness (QED) is 0.759. The Morgan fingerprint density at radius 1 is 1.11 bits per heavy atom. The van der Waals surface area contributed by atoms with Gasteiger partial charge < -0.3 is 9.47 Å². The minimum atomic E-state index is 0.562. The number of hydrogen-bond donors (Lipinski definition) is 0. The minimum Gasteiger partial charge on any atom is -0.491 e. The molecular formula is C15H16ClNO2. The molecule has 0 unspecified atom stereocenters. The smallest absolute Gasteiger partial charge is 0.119 e. The van der Waals surface area contributed by atoms with Gasteiger partial charge in [0.15, 0.2) is 0 Å². The third-order valence-electron chi connectivity index (χ3n) is 2.73. The number of ether oxygens (including phenoxy) is 2. The van der Waals surface area contributed by atoms with Gasteiger partial charge in [0.1, 0.15) is 12.4 Å². The molecule has 0 N–H and O–H groups in total. The molecule has 100 valence electrons. The molecule has 0 saturated heterocycles. The van der Waals surface area contributed by atoms with E-state index in [9.17, 15) is 0 Å². The largest absolute Gasteiger partial charge is 0.491 e. The van der Waals surface area contributed by atoms with Crippen LogP contribution in [0.3, 0.4) is 0 Å². The second kappa shape index (κ2) is 7.12. The van der Waals surface area contributed by atoms with Crippen molar-refractivity contribution >= 4 is 11.6 Å². The van der Waals surface area contributed by atoms with Gasteiger partial charge >= 0.3 is 0 Å². The number of aromatic nitrogens is 1. The normalized spacial score (nSPS) is 10.4. The number of halogens is 1. The third kappa shape index (κ3) is 4.23. The van der Waals surface area contributed by atoms with E-state index >= 15 is 0 Å². The van der Waals surface area contributed by atoms with Crippen molar-refractivity contribution in [2.75, 3.05) is 20.3 Å². The lowest BCUT2D eigenvalue weighted by Crippen LogP contribution is -2.04. The van der Waals surface area contributed by atoms with E-state index in [1.807, 2.05) is 30.3 Å². The van der Waals surface area contributed by atoms with Crippen molar-refractivity contribution in [1.82, 2.24) is 4.98 Å². The maximum atomic E-state index is 6.09. The van der Waals surface area contributed by atoms with Gasteiger partial charge in [-0.2, -0.15) is 0 Å². The Balaban J connectivity index is 1.97. The summed E-state index contributed by atoms with van der Waals surface area (Å²) in [4.78, 5) is 3.98. The van der Waals surface area contributed by atoms with Gasteiger partial charge in [0, 0.05) is 19.5 Å². The first kappa shape index (κ1) is 13.8. The van der Waals surface area contributed by atoms with Crippen molar-refractivity contribution in [2.45, 2.75) is 6.42 Å². The highest BCUT2D eigenvalue weighted by Crippen LogP contribution is 2.19. The monoisotopic (exact) mass is 277 g/mol. The summed E-state index contributed by atoms with van der Waals surface area (Å²) in [5, 5.41) is 0.697. The lowest BCUT2D eigenvalue weighted by molar-refractivity contribution is 0.146. The first-order valence-electron chi connectivity index (χ1n) is 6.08. The van der Waals surface area contributed by atoms with Crippen LogP contribution in [0.1, 0.15) is 11.1 Å². The zero-order valence-electron chi connectivity index (χ0n) is 10.8. The molecule has 0 aliphatic carbocycles. The van der Waals surface area contributed by atoms with Crippen LogP contribution in [-0.4, -0.2) is 25.3 Å². The van der Waals surface area contributed by atoms with Gasteiger partial charge in [0.2, 0.25) is 0 Å². The fourth-order valence-electron chi connectivity index (χ4n) is 1.71. The van der Waals surface area contributed by atoms with Crippen LogP contribution in [-0.2, 0) is 11.2 Å². The molecule has 0 aliphatic heterocycles. The number of pyridine rings is 1. The van der Waals surface area contributed by atoms with E-state index in [0.717, 1.165) is 17.7 Å². The molecule has 2 aromatic rings. The van der Waals surface area contributed by atoms with E-state index in [0.29, 0.717) is 18.2 Å². The highest BCUT2D eigenvalue weighted by Gasteiger charge is 2.02. The Morgan fingerprint density at radius 3 is 2.58 bits per heavy atom. The van der Waals surface area contributed by atoms with Crippen LogP contribution in [0.2, 0.25) is 5.02 Å².